The van der Waals surface area contributed by atoms with E-state index in [9.17, 15) is 24.1 Å². The van der Waals surface area contributed by atoms with Crippen molar-refractivity contribution >= 4 is 23.3 Å². The highest BCUT2D eigenvalue weighted by molar-refractivity contribution is 5.96. The first-order valence-electron chi connectivity index (χ1n) is 7.55. The first-order valence-corrected chi connectivity index (χ1v) is 7.55. The van der Waals surface area contributed by atoms with Crippen LogP contribution in [0.2, 0.25) is 0 Å². The number of anilines is 1. The molecule has 0 saturated heterocycles. The molecule has 1 amide bonds. The van der Waals surface area contributed by atoms with Crippen molar-refractivity contribution in [1.29, 1.82) is 0 Å². The molecular weight excluding hydrogens is 347 g/mol. The van der Waals surface area contributed by atoms with Crippen molar-refractivity contribution in [2.45, 2.75) is 6.92 Å². The third kappa shape index (κ3) is 4.76. The van der Waals surface area contributed by atoms with Gasteiger partial charge in [-0.05, 0) is 31.2 Å². The minimum absolute atomic E-state index is 0.0198. The standard InChI is InChI=1S/C17H15FN2O6/c1-2-25-15-8-7-11(9-14(15)20(23)24)17(22)26-10-16(21)19-13-6-4-3-5-12(13)18/h3-9H,2,10H2,1H3,(H,19,21). The summed E-state index contributed by atoms with van der Waals surface area (Å²) in [6.07, 6.45) is 0. The molecule has 1 N–H and O–H groups in total. The number of carbonyl (C=O) groups is 2. The number of benzene rings is 2. The Hall–Kier alpha value is -3.49. The van der Waals surface area contributed by atoms with Crippen molar-refractivity contribution in [2.75, 3.05) is 18.5 Å². The van der Waals surface area contributed by atoms with Gasteiger partial charge in [0, 0.05) is 6.07 Å². The van der Waals surface area contributed by atoms with E-state index in [1.165, 1.54) is 36.4 Å². The summed E-state index contributed by atoms with van der Waals surface area (Å²) < 4.78 is 23.4. The van der Waals surface area contributed by atoms with Crippen molar-refractivity contribution in [3.05, 3.63) is 64.0 Å². The molecule has 0 spiro atoms. The second-order valence-corrected chi connectivity index (χ2v) is 4.98. The third-order valence-electron chi connectivity index (χ3n) is 3.17. The molecule has 0 aromatic heterocycles. The van der Waals surface area contributed by atoms with Gasteiger partial charge in [-0.15, -0.1) is 0 Å². The number of rotatable bonds is 7. The third-order valence-corrected chi connectivity index (χ3v) is 3.17. The Kier molecular flexibility index (Phi) is 6.20. The maximum atomic E-state index is 13.4. The van der Waals surface area contributed by atoms with Crippen LogP contribution in [0.5, 0.6) is 5.75 Å². The molecule has 0 bridgehead atoms. The Labute approximate surface area is 147 Å². The van der Waals surface area contributed by atoms with Gasteiger partial charge in [-0.3, -0.25) is 14.9 Å². The summed E-state index contributed by atoms with van der Waals surface area (Å²) in [5.74, 6) is -2.29. The molecule has 26 heavy (non-hydrogen) atoms. The van der Waals surface area contributed by atoms with Crippen LogP contribution in [-0.4, -0.2) is 30.0 Å². The second kappa shape index (κ2) is 8.56. The Balaban J connectivity index is 2.01. The van der Waals surface area contributed by atoms with E-state index in [1.807, 2.05) is 0 Å². The van der Waals surface area contributed by atoms with Crippen LogP contribution in [0, 0.1) is 15.9 Å². The summed E-state index contributed by atoms with van der Waals surface area (Å²) in [7, 11) is 0. The second-order valence-electron chi connectivity index (χ2n) is 4.98. The maximum Gasteiger partial charge on any atom is 0.338 e. The molecule has 2 rings (SSSR count). The molecule has 0 saturated carbocycles. The van der Waals surface area contributed by atoms with E-state index in [4.69, 9.17) is 9.47 Å². The van der Waals surface area contributed by atoms with Crippen LogP contribution in [0.3, 0.4) is 0 Å². The lowest BCUT2D eigenvalue weighted by Crippen LogP contribution is -2.21. The van der Waals surface area contributed by atoms with Gasteiger partial charge in [0.25, 0.3) is 5.91 Å². The lowest BCUT2D eigenvalue weighted by Gasteiger charge is -2.08. The highest BCUT2D eigenvalue weighted by Gasteiger charge is 2.20. The highest BCUT2D eigenvalue weighted by Crippen LogP contribution is 2.28. The van der Waals surface area contributed by atoms with Gasteiger partial charge in [0.1, 0.15) is 5.82 Å². The van der Waals surface area contributed by atoms with Gasteiger partial charge < -0.3 is 14.8 Å². The Bertz CT molecular complexity index is 840. The van der Waals surface area contributed by atoms with Gasteiger partial charge >= 0.3 is 11.7 Å². The molecule has 2 aromatic carbocycles. The fourth-order valence-corrected chi connectivity index (χ4v) is 2.03. The molecule has 0 aliphatic heterocycles. The van der Waals surface area contributed by atoms with Crippen molar-refractivity contribution in [3.63, 3.8) is 0 Å². The average molecular weight is 362 g/mol. The molecule has 0 aliphatic rings. The maximum absolute atomic E-state index is 13.4. The van der Waals surface area contributed by atoms with Crippen LogP contribution in [0.1, 0.15) is 17.3 Å². The molecule has 136 valence electrons. The average Bonchev–Trinajstić information content (AvgIpc) is 2.62. The van der Waals surface area contributed by atoms with Crippen molar-refractivity contribution < 1.29 is 28.4 Å². The van der Waals surface area contributed by atoms with Crippen molar-refractivity contribution in [2.24, 2.45) is 0 Å². The fourth-order valence-electron chi connectivity index (χ4n) is 2.03. The van der Waals surface area contributed by atoms with Crippen LogP contribution >= 0.6 is 0 Å². The van der Waals surface area contributed by atoms with Crippen LogP contribution in [0.15, 0.2) is 42.5 Å². The number of hydrogen-bond donors (Lipinski definition) is 1. The summed E-state index contributed by atoms with van der Waals surface area (Å²) in [4.78, 5) is 34.1. The Morgan fingerprint density at radius 2 is 1.96 bits per heavy atom. The van der Waals surface area contributed by atoms with E-state index in [-0.39, 0.29) is 23.6 Å². The Morgan fingerprint density at radius 1 is 1.23 bits per heavy atom. The number of nitrogens with one attached hydrogen (secondary N) is 1. The summed E-state index contributed by atoms with van der Waals surface area (Å²) >= 11 is 0. The van der Waals surface area contributed by atoms with Crippen molar-refractivity contribution in [1.82, 2.24) is 0 Å². The van der Waals surface area contributed by atoms with E-state index >= 15 is 0 Å². The molecule has 8 nitrogen and oxygen atoms in total. The predicted molar refractivity (Wildman–Crippen MR) is 89.6 cm³/mol. The first kappa shape index (κ1) is 18.8. The van der Waals surface area contributed by atoms with Crippen LogP contribution in [-0.2, 0) is 9.53 Å². The van der Waals surface area contributed by atoms with E-state index in [2.05, 4.69) is 5.32 Å². The highest BCUT2D eigenvalue weighted by atomic mass is 19.1. The van der Waals surface area contributed by atoms with E-state index < -0.39 is 34.9 Å². The number of halogens is 1. The van der Waals surface area contributed by atoms with Crippen LogP contribution in [0.25, 0.3) is 0 Å². The van der Waals surface area contributed by atoms with Crippen LogP contribution < -0.4 is 10.1 Å². The summed E-state index contributed by atoms with van der Waals surface area (Å²) in [5.41, 5.74) is -0.554. The monoisotopic (exact) mass is 362 g/mol. The molecule has 0 unspecified atom stereocenters. The topological polar surface area (TPSA) is 108 Å². The lowest BCUT2D eigenvalue weighted by molar-refractivity contribution is -0.385. The number of carbonyl (C=O) groups excluding carboxylic acids is 2. The SMILES string of the molecule is CCOc1ccc(C(=O)OCC(=O)Nc2ccccc2F)cc1[N+](=O)[O-]. The summed E-state index contributed by atoms with van der Waals surface area (Å²) in [5, 5.41) is 13.3. The number of ether oxygens (including phenoxy) is 2. The number of esters is 1. The van der Waals surface area contributed by atoms with Crippen molar-refractivity contribution in [3.8, 4) is 5.75 Å². The molecule has 0 aliphatic carbocycles. The van der Waals surface area contributed by atoms with Gasteiger partial charge in [0.05, 0.1) is 22.8 Å². The molecule has 9 heteroatoms. The largest absolute Gasteiger partial charge is 0.487 e. The zero-order chi connectivity index (χ0) is 19.1. The van der Waals surface area contributed by atoms with Gasteiger partial charge in [-0.25, -0.2) is 9.18 Å². The summed E-state index contributed by atoms with van der Waals surface area (Å²) in [6.45, 7) is 1.22. The first-order chi connectivity index (χ1) is 12.4. The van der Waals surface area contributed by atoms with Crippen LogP contribution in [0.4, 0.5) is 15.8 Å². The number of hydrogen-bond acceptors (Lipinski definition) is 6. The smallest absolute Gasteiger partial charge is 0.338 e. The molecule has 0 fully saturated rings. The predicted octanol–water partition coefficient (Wildman–Crippen LogP) is 2.93. The number of nitro benzene ring substituents is 1. The minimum Gasteiger partial charge on any atom is -0.487 e. The number of nitro groups is 1. The molecule has 0 radical (unpaired) electrons. The van der Waals surface area contributed by atoms with Gasteiger partial charge in [0.2, 0.25) is 0 Å². The Morgan fingerprint density at radius 3 is 2.62 bits per heavy atom. The van der Waals surface area contributed by atoms with Gasteiger partial charge in [0.15, 0.2) is 12.4 Å². The zero-order valence-electron chi connectivity index (χ0n) is 13.7. The molecular formula is C17H15FN2O6. The lowest BCUT2D eigenvalue weighted by atomic mass is 10.2. The fraction of sp³-hybridized carbons (Fsp3) is 0.176. The quantitative estimate of drug-likeness (QED) is 0.461. The minimum atomic E-state index is -0.931. The van der Waals surface area contributed by atoms with E-state index in [0.29, 0.717) is 0 Å². The van der Waals surface area contributed by atoms with E-state index in [0.717, 1.165) is 6.07 Å². The summed E-state index contributed by atoms with van der Waals surface area (Å²) in [6, 6.07) is 9.08. The molecule has 0 heterocycles. The molecule has 2 aromatic rings. The zero-order valence-corrected chi connectivity index (χ0v) is 13.7. The van der Waals surface area contributed by atoms with Gasteiger partial charge in [-0.1, -0.05) is 12.1 Å². The normalized spacial score (nSPS) is 10.1. The molecule has 0 atom stereocenters. The number of amides is 1. The number of para-hydroxylation sites is 1. The van der Waals surface area contributed by atoms with Gasteiger partial charge in [-0.2, -0.15) is 0 Å². The number of nitrogens with zero attached hydrogens (tertiary/aromatic N) is 1. The van der Waals surface area contributed by atoms with E-state index in [1.54, 1.807) is 6.92 Å².